The number of rotatable bonds is 7. The zero-order chi connectivity index (χ0) is 23.0. The van der Waals surface area contributed by atoms with Crippen molar-refractivity contribution in [3.63, 3.8) is 0 Å². The molecule has 4 rings (SSSR count). The first kappa shape index (κ1) is 21.9. The predicted molar refractivity (Wildman–Crippen MR) is 123 cm³/mol. The molecular weight excluding hydrogens is 407 g/mol. The fourth-order valence-corrected chi connectivity index (χ4v) is 4.23. The Morgan fingerprint density at radius 3 is 2.28 bits per heavy atom. The average Bonchev–Trinajstić information content (AvgIpc) is 3.02. The number of benzene rings is 2. The summed E-state index contributed by atoms with van der Waals surface area (Å²) in [7, 11) is 0. The van der Waals surface area contributed by atoms with Crippen LogP contribution in [0.15, 0.2) is 42.5 Å². The van der Waals surface area contributed by atoms with Crippen molar-refractivity contribution in [2.24, 2.45) is 0 Å². The first-order valence-corrected chi connectivity index (χ1v) is 10.8. The standard InChI is InChI=1S/C25H27FN4O2/c1-14(2)30(15(3)4)11-12-32-18-9-10-19-20(13-18)23-21(24(19)31)22(28-25(27)29-23)16-5-7-17(26)8-6-16/h5-10,13-15H,11-12H2,1-4H3,(H2,27,28,29). The number of hydrogen-bond donors (Lipinski definition) is 1. The van der Waals surface area contributed by atoms with E-state index in [2.05, 4.69) is 42.6 Å². The second-order valence-electron chi connectivity index (χ2n) is 8.47. The number of fused-ring (bicyclic) bond motifs is 3. The summed E-state index contributed by atoms with van der Waals surface area (Å²) in [6.07, 6.45) is 0. The van der Waals surface area contributed by atoms with Crippen LogP contribution in [-0.4, -0.2) is 45.9 Å². The molecule has 1 heterocycles. The largest absolute Gasteiger partial charge is 0.492 e. The van der Waals surface area contributed by atoms with Crippen molar-refractivity contribution in [2.45, 2.75) is 39.8 Å². The van der Waals surface area contributed by atoms with E-state index in [4.69, 9.17) is 10.5 Å². The minimum atomic E-state index is -0.364. The molecule has 166 valence electrons. The summed E-state index contributed by atoms with van der Waals surface area (Å²) in [4.78, 5) is 24.2. The van der Waals surface area contributed by atoms with E-state index in [-0.39, 0.29) is 17.5 Å². The Morgan fingerprint density at radius 1 is 0.969 bits per heavy atom. The highest BCUT2D eigenvalue weighted by Crippen LogP contribution is 2.41. The van der Waals surface area contributed by atoms with E-state index in [1.807, 2.05) is 6.07 Å². The van der Waals surface area contributed by atoms with Gasteiger partial charge >= 0.3 is 0 Å². The first-order chi connectivity index (χ1) is 15.3. The van der Waals surface area contributed by atoms with Gasteiger partial charge in [-0.1, -0.05) is 0 Å². The van der Waals surface area contributed by atoms with E-state index in [1.54, 1.807) is 24.3 Å². The number of aromatic nitrogens is 2. The fraction of sp³-hybridized carbons (Fsp3) is 0.320. The van der Waals surface area contributed by atoms with Crippen molar-refractivity contribution >= 4 is 11.7 Å². The van der Waals surface area contributed by atoms with E-state index < -0.39 is 0 Å². The normalized spacial score (nSPS) is 12.6. The van der Waals surface area contributed by atoms with Crippen LogP contribution in [0.4, 0.5) is 10.3 Å². The van der Waals surface area contributed by atoms with Crippen LogP contribution in [0.5, 0.6) is 5.75 Å². The van der Waals surface area contributed by atoms with Crippen LogP contribution >= 0.6 is 0 Å². The van der Waals surface area contributed by atoms with E-state index >= 15 is 0 Å². The zero-order valence-corrected chi connectivity index (χ0v) is 18.7. The van der Waals surface area contributed by atoms with Gasteiger partial charge in [0.25, 0.3) is 0 Å². The highest BCUT2D eigenvalue weighted by Gasteiger charge is 2.33. The van der Waals surface area contributed by atoms with Crippen LogP contribution in [0.25, 0.3) is 22.5 Å². The Morgan fingerprint density at radius 2 is 1.62 bits per heavy atom. The van der Waals surface area contributed by atoms with Crippen LogP contribution in [0.1, 0.15) is 43.6 Å². The summed E-state index contributed by atoms with van der Waals surface area (Å²) in [5, 5.41) is 0. The van der Waals surface area contributed by atoms with Crippen LogP contribution in [-0.2, 0) is 0 Å². The molecule has 0 spiro atoms. The number of carbonyl (C=O) groups excluding carboxylic acids is 1. The molecule has 0 fully saturated rings. The minimum Gasteiger partial charge on any atom is -0.492 e. The molecule has 0 radical (unpaired) electrons. The maximum absolute atomic E-state index is 13.4. The van der Waals surface area contributed by atoms with Gasteiger partial charge in [0.15, 0.2) is 5.78 Å². The number of hydrogen-bond acceptors (Lipinski definition) is 6. The third kappa shape index (κ3) is 4.08. The van der Waals surface area contributed by atoms with E-state index in [9.17, 15) is 9.18 Å². The number of carbonyl (C=O) groups is 1. The summed E-state index contributed by atoms with van der Waals surface area (Å²) >= 11 is 0. The minimum absolute atomic E-state index is 0.0551. The molecule has 7 heteroatoms. The molecule has 0 amide bonds. The van der Waals surface area contributed by atoms with Crippen molar-refractivity contribution < 1.29 is 13.9 Å². The molecule has 0 atom stereocenters. The molecule has 0 unspecified atom stereocenters. The van der Waals surface area contributed by atoms with Crippen molar-refractivity contribution in [3.05, 3.63) is 59.4 Å². The molecule has 3 aromatic rings. The highest BCUT2D eigenvalue weighted by molar-refractivity contribution is 6.23. The number of anilines is 1. The summed E-state index contributed by atoms with van der Waals surface area (Å²) in [6.45, 7) is 10.00. The summed E-state index contributed by atoms with van der Waals surface area (Å²) in [5.74, 6) is 0.181. The number of nitrogens with two attached hydrogens (primary N) is 1. The van der Waals surface area contributed by atoms with Gasteiger partial charge in [-0.05, 0) is 70.2 Å². The van der Waals surface area contributed by atoms with Crippen LogP contribution in [0.2, 0.25) is 0 Å². The molecule has 0 bridgehead atoms. The number of nitrogen functional groups attached to an aromatic ring is 1. The summed E-state index contributed by atoms with van der Waals surface area (Å²) in [6, 6.07) is 12.0. The van der Waals surface area contributed by atoms with Crippen molar-refractivity contribution in [3.8, 4) is 28.3 Å². The number of ketones is 1. The third-order valence-electron chi connectivity index (χ3n) is 5.71. The maximum Gasteiger partial charge on any atom is 0.221 e. The van der Waals surface area contributed by atoms with Crippen molar-refractivity contribution in [1.82, 2.24) is 14.9 Å². The van der Waals surface area contributed by atoms with Gasteiger partial charge in [-0.3, -0.25) is 9.69 Å². The lowest BCUT2D eigenvalue weighted by atomic mass is 10.0. The Labute approximate surface area is 187 Å². The van der Waals surface area contributed by atoms with Gasteiger partial charge in [0, 0.05) is 35.3 Å². The molecule has 1 aliphatic rings. The van der Waals surface area contributed by atoms with Crippen molar-refractivity contribution in [2.75, 3.05) is 18.9 Å². The van der Waals surface area contributed by atoms with Crippen LogP contribution < -0.4 is 10.5 Å². The number of halogens is 1. The lowest BCUT2D eigenvalue weighted by molar-refractivity contribution is 0.104. The van der Waals surface area contributed by atoms with Gasteiger partial charge in [-0.2, -0.15) is 0 Å². The number of ether oxygens (including phenoxy) is 1. The monoisotopic (exact) mass is 434 g/mol. The Balaban J connectivity index is 1.65. The Bertz CT molecular complexity index is 1150. The van der Waals surface area contributed by atoms with Crippen molar-refractivity contribution in [1.29, 1.82) is 0 Å². The zero-order valence-electron chi connectivity index (χ0n) is 18.7. The molecule has 1 aliphatic carbocycles. The smallest absolute Gasteiger partial charge is 0.221 e. The SMILES string of the molecule is CC(C)N(CCOc1ccc2c(c1)-c1nc(N)nc(-c3ccc(F)cc3)c1C2=O)C(C)C. The molecule has 0 saturated heterocycles. The topological polar surface area (TPSA) is 81.3 Å². The molecule has 0 saturated carbocycles. The molecule has 2 aromatic carbocycles. The lowest BCUT2D eigenvalue weighted by Gasteiger charge is -2.30. The van der Waals surface area contributed by atoms with Crippen LogP contribution in [0, 0.1) is 5.82 Å². The molecule has 2 N–H and O–H groups in total. The Hall–Kier alpha value is -3.32. The van der Waals surface area contributed by atoms with Crippen LogP contribution in [0.3, 0.4) is 0 Å². The predicted octanol–water partition coefficient (Wildman–Crippen LogP) is 4.57. The van der Waals surface area contributed by atoms with E-state index in [0.29, 0.717) is 58.1 Å². The summed E-state index contributed by atoms with van der Waals surface area (Å²) in [5.41, 5.74) is 9.04. The lowest BCUT2D eigenvalue weighted by Crippen LogP contribution is -2.39. The molecule has 1 aromatic heterocycles. The highest BCUT2D eigenvalue weighted by atomic mass is 19.1. The van der Waals surface area contributed by atoms with Gasteiger partial charge in [-0.25, -0.2) is 14.4 Å². The van der Waals surface area contributed by atoms with Gasteiger partial charge in [0.2, 0.25) is 5.95 Å². The second kappa shape index (κ2) is 8.67. The van der Waals surface area contributed by atoms with Gasteiger partial charge in [-0.15, -0.1) is 0 Å². The average molecular weight is 435 g/mol. The van der Waals surface area contributed by atoms with E-state index in [1.165, 1.54) is 12.1 Å². The van der Waals surface area contributed by atoms with E-state index in [0.717, 1.165) is 6.54 Å². The quantitative estimate of drug-likeness (QED) is 0.459. The molecular formula is C25H27FN4O2. The molecule has 6 nitrogen and oxygen atoms in total. The number of nitrogens with zero attached hydrogens (tertiary/aromatic N) is 3. The fourth-order valence-electron chi connectivity index (χ4n) is 4.23. The molecule has 32 heavy (non-hydrogen) atoms. The molecule has 0 aliphatic heterocycles. The maximum atomic E-state index is 13.4. The Kier molecular flexibility index (Phi) is 5.93. The third-order valence-corrected chi connectivity index (χ3v) is 5.71. The summed E-state index contributed by atoms with van der Waals surface area (Å²) < 4.78 is 19.4. The first-order valence-electron chi connectivity index (χ1n) is 10.8. The van der Waals surface area contributed by atoms with Gasteiger partial charge in [0.05, 0.1) is 17.0 Å². The second-order valence-corrected chi connectivity index (χ2v) is 8.47. The van der Waals surface area contributed by atoms with Gasteiger partial charge in [0.1, 0.15) is 18.2 Å². The van der Waals surface area contributed by atoms with Gasteiger partial charge < -0.3 is 10.5 Å².